The maximum atomic E-state index is 13.4. The van der Waals surface area contributed by atoms with Crippen LogP contribution in [0.15, 0.2) is 35.0 Å². The molecular weight excluding hydrogens is 328 g/mol. The van der Waals surface area contributed by atoms with Crippen molar-refractivity contribution in [2.45, 2.75) is 12.2 Å². The zero-order valence-electron chi connectivity index (χ0n) is 12.2. The van der Waals surface area contributed by atoms with Crippen LogP contribution in [0.25, 0.3) is 0 Å². The third kappa shape index (κ3) is 3.57. The Hall–Kier alpha value is -1.44. The van der Waals surface area contributed by atoms with Gasteiger partial charge in [-0.3, -0.25) is 4.90 Å². The van der Waals surface area contributed by atoms with Crippen LogP contribution in [0, 0.1) is 5.82 Å². The molecule has 0 radical (unpaired) electrons. The summed E-state index contributed by atoms with van der Waals surface area (Å²) < 4.78 is 53.6. The number of piperazine rings is 1. The van der Waals surface area contributed by atoms with Gasteiger partial charge in [-0.05, 0) is 40.1 Å². The molecule has 7 heteroatoms. The zero-order valence-corrected chi connectivity index (χ0v) is 13.1. The van der Waals surface area contributed by atoms with E-state index in [0.29, 0.717) is 19.2 Å². The second kappa shape index (κ2) is 6.59. The number of thiophene rings is 1. The molecule has 1 saturated heterocycles. The van der Waals surface area contributed by atoms with Crippen molar-refractivity contribution in [1.82, 2.24) is 10.2 Å². The molecule has 1 atom stereocenters. The number of hydrogen-bond donors (Lipinski definition) is 1. The highest BCUT2D eigenvalue weighted by Gasteiger charge is 2.37. The predicted octanol–water partition coefficient (Wildman–Crippen LogP) is 3.90. The summed E-state index contributed by atoms with van der Waals surface area (Å²) in [6.07, 6.45) is -4.58. The van der Waals surface area contributed by atoms with Gasteiger partial charge in [0.15, 0.2) is 0 Å². The molecule has 1 aromatic carbocycles. The van der Waals surface area contributed by atoms with Crippen LogP contribution in [0.5, 0.6) is 0 Å². The molecule has 0 unspecified atom stereocenters. The molecule has 1 fully saturated rings. The van der Waals surface area contributed by atoms with Crippen LogP contribution in [0.2, 0.25) is 0 Å². The molecule has 0 spiro atoms. The molecular formula is C16H16F4N2S. The number of benzene rings is 1. The van der Waals surface area contributed by atoms with Gasteiger partial charge in [-0.15, -0.1) is 0 Å². The minimum Gasteiger partial charge on any atom is -0.314 e. The van der Waals surface area contributed by atoms with Crippen molar-refractivity contribution in [3.05, 3.63) is 57.5 Å². The highest BCUT2D eigenvalue weighted by Crippen LogP contribution is 2.40. The molecule has 2 aromatic rings. The largest absolute Gasteiger partial charge is 0.416 e. The van der Waals surface area contributed by atoms with Gasteiger partial charge in [0.05, 0.1) is 11.6 Å². The molecule has 0 saturated carbocycles. The van der Waals surface area contributed by atoms with Gasteiger partial charge in [0.25, 0.3) is 0 Å². The van der Waals surface area contributed by atoms with Gasteiger partial charge in [-0.25, -0.2) is 4.39 Å². The molecule has 1 aliphatic heterocycles. The summed E-state index contributed by atoms with van der Waals surface area (Å²) in [6, 6.07) is 4.28. The van der Waals surface area contributed by atoms with Gasteiger partial charge in [-0.1, -0.05) is 6.07 Å². The summed E-state index contributed by atoms with van der Waals surface area (Å²) in [7, 11) is 0. The Morgan fingerprint density at radius 2 is 1.87 bits per heavy atom. The van der Waals surface area contributed by atoms with Crippen LogP contribution in [-0.2, 0) is 6.18 Å². The van der Waals surface area contributed by atoms with E-state index in [1.165, 1.54) is 17.4 Å². The lowest BCUT2D eigenvalue weighted by atomic mass is 9.93. The van der Waals surface area contributed by atoms with E-state index in [0.717, 1.165) is 24.7 Å². The maximum Gasteiger partial charge on any atom is 0.416 e. The van der Waals surface area contributed by atoms with Gasteiger partial charge >= 0.3 is 6.18 Å². The van der Waals surface area contributed by atoms with Gasteiger partial charge < -0.3 is 5.32 Å². The molecule has 124 valence electrons. The van der Waals surface area contributed by atoms with E-state index in [-0.39, 0.29) is 5.56 Å². The topological polar surface area (TPSA) is 15.3 Å². The summed E-state index contributed by atoms with van der Waals surface area (Å²) in [4.78, 5) is 2.01. The average Bonchev–Trinajstić information content (AvgIpc) is 3.03. The van der Waals surface area contributed by atoms with Crippen molar-refractivity contribution in [1.29, 1.82) is 0 Å². The number of halogens is 4. The fraction of sp³-hybridized carbons (Fsp3) is 0.375. The summed E-state index contributed by atoms with van der Waals surface area (Å²) in [5, 5.41) is 6.90. The monoisotopic (exact) mass is 344 g/mol. The van der Waals surface area contributed by atoms with Crippen LogP contribution in [0.1, 0.15) is 22.7 Å². The Morgan fingerprint density at radius 3 is 2.48 bits per heavy atom. The highest BCUT2D eigenvalue weighted by atomic mass is 32.1. The lowest BCUT2D eigenvalue weighted by Gasteiger charge is -2.36. The maximum absolute atomic E-state index is 13.4. The number of rotatable bonds is 3. The van der Waals surface area contributed by atoms with E-state index in [4.69, 9.17) is 0 Å². The van der Waals surface area contributed by atoms with Crippen molar-refractivity contribution in [2.24, 2.45) is 0 Å². The summed E-state index contributed by atoms with van der Waals surface area (Å²) >= 11 is 1.45. The molecule has 0 bridgehead atoms. The van der Waals surface area contributed by atoms with Crippen LogP contribution < -0.4 is 5.32 Å². The SMILES string of the molecule is Fc1ccc([C@@H](c2ccsc2)N2CCNCC2)c(C(F)(F)F)c1. The Labute approximate surface area is 135 Å². The lowest BCUT2D eigenvalue weighted by molar-refractivity contribution is -0.138. The Kier molecular flexibility index (Phi) is 4.70. The van der Waals surface area contributed by atoms with Gasteiger partial charge in [-0.2, -0.15) is 24.5 Å². The third-order valence-corrected chi connectivity index (χ3v) is 4.69. The molecule has 2 heterocycles. The normalized spacial score (nSPS) is 18.1. The molecule has 3 rings (SSSR count). The van der Waals surface area contributed by atoms with E-state index < -0.39 is 23.6 Å². The van der Waals surface area contributed by atoms with Gasteiger partial charge in [0.2, 0.25) is 0 Å². The summed E-state index contributed by atoms with van der Waals surface area (Å²) in [6.45, 7) is 2.75. The molecule has 2 nitrogen and oxygen atoms in total. The van der Waals surface area contributed by atoms with E-state index in [1.807, 2.05) is 21.7 Å². The molecule has 0 amide bonds. The Morgan fingerprint density at radius 1 is 1.13 bits per heavy atom. The van der Waals surface area contributed by atoms with E-state index >= 15 is 0 Å². The summed E-state index contributed by atoms with van der Waals surface area (Å²) in [5.41, 5.74) is 0.0282. The fourth-order valence-electron chi connectivity index (χ4n) is 2.97. The number of alkyl halides is 3. The van der Waals surface area contributed by atoms with Crippen LogP contribution in [0.4, 0.5) is 17.6 Å². The second-order valence-electron chi connectivity index (χ2n) is 5.47. The third-order valence-electron chi connectivity index (χ3n) is 3.99. The first-order valence-corrected chi connectivity index (χ1v) is 8.24. The molecule has 1 N–H and O–H groups in total. The van der Waals surface area contributed by atoms with Crippen LogP contribution in [-0.4, -0.2) is 31.1 Å². The average molecular weight is 344 g/mol. The van der Waals surface area contributed by atoms with E-state index in [1.54, 1.807) is 0 Å². The van der Waals surface area contributed by atoms with E-state index in [2.05, 4.69) is 5.32 Å². The first-order chi connectivity index (χ1) is 11.0. The molecule has 0 aliphatic carbocycles. The molecule has 1 aromatic heterocycles. The lowest BCUT2D eigenvalue weighted by Crippen LogP contribution is -2.45. The van der Waals surface area contributed by atoms with Crippen molar-refractivity contribution < 1.29 is 17.6 Å². The zero-order chi connectivity index (χ0) is 16.4. The van der Waals surface area contributed by atoms with Crippen LogP contribution >= 0.6 is 11.3 Å². The Bertz CT molecular complexity index is 649. The smallest absolute Gasteiger partial charge is 0.314 e. The second-order valence-corrected chi connectivity index (χ2v) is 6.25. The number of nitrogens with zero attached hydrogens (tertiary/aromatic N) is 1. The first kappa shape index (κ1) is 16.4. The van der Waals surface area contributed by atoms with Crippen molar-refractivity contribution in [3.8, 4) is 0 Å². The molecule has 23 heavy (non-hydrogen) atoms. The Balaban J connectivity index is 2.10. The minimum atomic E-state index is -4.58. The van der Waals surface area contributed by atoms with Gasteiger partial charge in [0.1, 0.15) is 5.82 Å². The van der Waals surface area contributed by atoms with Crippen molar-refractivity contribution in [3.63, 3.8) is 0 Å². The standard InChI is InChI=1S/C16H16F4N2S/c17-12-1-2-13(14(9-12)16(18,19)20)15(11-3-8-23-10-11)22-6-4-21-5-7-22/h1-3,8-10,15,21H,4-7H2/t15-/m1/s1. The highest BCUT2D eigenvalue weighted by molar-refractivity contribution is 7.08. The number of hydrogen-bond acceptors (Lipinski definition) is 3. The first-order valence-electron chi connectivity index (χ1n) is 7.30. The quantitative estimate of drug-likeness (QED) is 0.850. The fourth-order valence-corrected chi connectivity index (χ4v) is 3.65. The van der Waals surface area contributed by atoms with Gasteiger partial charge in [0, 0.05) is 26.2 Å². The number of nitrogens with one attached hydrogen (secondary N) is 1. The predicted molar refractivity (Wildman–Crippen MR) is 82.0 cm³/mol. The minimum absolute atomic E-state index is 0.110. The van der Waals surface area contributed by atoms with Crippen LogP contribution in [0.3, 0.4) is 0 Å². The summed E-state index contributed by atoms with van der Waals surface area (Å²) in [5.74, 6) is -0.870. The van der Waals surface area contributed by atoms with Crippen molar-refractivity contribution in [2.75, 3.05) is 26.2 Å². The van der Waals surface area contributed by atoms with E-state index in [9.17, 15) is 17.6 Å². The molecule has 1 aliphatic rings. The van der Waals surface area contributed by atoms with Crippen molar-refractivity contribution >= 4 is 11.3 Å².